The standard InChI is InChI=1S/C22H25N5O/c28-22(20-8-4-12-26(17-20)16-18-6-2-1-3-7-18)24-15-19-9-10-21(23-14-19)27-13-5-11-25-27/h1-3,5-7,9-11,13-14,20H,4,8,12,15-17H2,(H,24,28). The minimum absolute atomic E-state index is 0.0498. The lowest BCUT2D eigenvalue weighted by atomic mass is 9.96. The number of aromatic nitrogens is 3. The van der Waals surface area contributed by atoms with E-state index in [0.29, 0.717) is 6.54 Å². The fourth-order valence-electron chi connectivity index (χ4n) is 3.65. The van der Waals surface area contributed by atoms with Crippen LogP contribution in [-0.4, -0.2) is 38.7 Å². The largest absolute Gasteiger partial charge is 0.352 e. The van der Waals surface area contributed by atoms with Crippen molar-refractivity contribution in [1.29, 1.82) is 0 Å². The quantitative estimate of drug-likeness (QED) is 0.720. The summed E-state index contributed by atoms with van der Waals surface area (Å²) in [6, 6.07) is 16.2. The van der Waals surface area contributed by atoms with Gasteiger partial charge in [0.2, 0.25) is 5.91 Å². The number of rotatable bonds is 6. The van der Waals surface area contributed by atoms with Gasteiger partial charge in [0.1, 0.15) is 0 Å². The molecular formula is C22H25N5O. The molecule has 144 valence electrons. The molecule has 1 aromatic carbocycles. The van der Waals surface area contributed by atoms with Gasteiger partial charge in [0.05, 0.1) is 5.92 Å². The Balaban J connectivity index is 1.28. The van der Waals surface area contributed by atoms with E-state index in [2.05, 4.69) is 44.6 Å². The van der Waals surface area contributed by atoms with Gasteiger partial charge in [-0.2, -0.15) is 5.10 Å². The highest BCUT2D eigenvalue weighted by Gasteiger charge is 2.25. The molecule has 1 fully saturated rings. The predicted molar refractivity (Wildman–Crippen MR) is 108 cm³/mol. The van der Waals surface area contributed by atoms with E-state index in [1.807, 2.05) is 30.5 Å². The number of pyridine rings is 1. The van der Waals surface area contributed by atoms with Gasteiger partial charge in [0, 0.05) is 38.2 Å². The Kier molecular flexibility index (Phi) is 5.77. The summed E-state index contributed by atoms with van der Waals surface area (Å²) >= 11 is 0. The Morgan fingerprint density at radius 3 is 2.75 bits per heavy atom. The molecule has 1 aliphatic heterocycles. The van der Waals surface area contributed by atoms with Crippen molar-refractivity contribution in [3.05, 3.63) is 78.2 Å². The highest BCUT2D eigenvalue weighted by molar-refractivity contribution is 5.78. The predicted octanol–water partition coefficient (Wildman–Crippen LogP) is 2.80. The minimum atomic E-state index is 0.0498. The lowest BCUT2D eigenvalue weighted by molar-refractivity contribution is -0.126. The number of hydrogen-bond acceptors (Lipinski definition) is 4. The SMILES string of the molecule is O=C(NCc1ccc(-n2cccn2)nc1)C1CCCN(Cc2ccccc2)C1. The number of benzene rings is 1. The molecule has 1 atom stereocenters. The molecule has 6 heteroatoms. The summed E-state index contributed by atoms with van der Waals surface area (Å²) in [6.45, 7) is 3.28. The van der Waals surface area contributed by atoms with Gasteiger partial charge >= 0.3 is 0 Å². The second-order valence-corrected chi connectivity index (χ2v) is 7.25. The first-order valence-corrected chi connectivity index (χ1v) is 9.77. The number of likely N-dealkylation sites (tertiary alicyclic amines) is 1. The summed E-state index contributed by atoms with van der Waals surface area (Å²) in [6.07, 6.45) is 7.38. The average Bonchev–Trinajstić information content (AvgIpc) is 3.28. The third-order valence-corrected chi connectivity index (χ3v) is 5.14. The van der Waals surface area contributed by atoms with Crippen LogP contribution >= 0.6 is 0 Å². The normalized spacial score (nSPS) is 17.4. The second kappa shape index (κ2) is 8.80. The van der Waals surface area contributed by atoms with Crippen molar-refractivity contribution >= 4 is 5.91 Å². The molecule has 2 aromatic heterocycles. The zero-order valence-electron chi connectivity index (χ0n) is 15.9. The van der Waals surface area contributed by atoms with E-state index in [0.717, 1.165) is 43.9 Å². The van der Waals surface area contributed by atoms with Crippen LogP contribution in [0.3, 0.4) is 0 Å². The van der Waals surface area contributed by atoms with E-state index >= 15 is 0 Å². The highest BCUT2D eigenvalue weighted by Crippen LogP contribution is 2.19. The molecule has 0 radical (unpaired) electrons. The number of amides is 1. The van der Waals surface area contributed by atoms with Gasteiger partial charge in [0.25, 0.3) is 0 Å². The first kappa shape index (κ1) is 18.4. The zero-order chi connectivity index (χ0) is 19.2. The van der Waals surface area contributed by atoms with Crippen LogP contribution in [0.25, 0.3) is 5.82 Å². The number of hydrogen-bond donors (Lipinski definition) is 1. The molecule has 1 amide bonds. The van der Waals surface area contributed by atoms with E-state index in [4.69, 9.17) is 0 Å². The van der Waals surface area contributed by atoms with Crippen LogP contribution in [-0.2, 0) is 17.9 Å². The summed E-state index contributed by atoms with van der Waals surface area (Å²) in [7, 11) is 0. The van der Waals surface area contributed by atoms with Crippen LogP contribution in [0.4, 0.5) is 0 Å². The van der Waals surface area contributed by atoms with Crippen molar-refractivity contribution in [3.8, 4) is 5.82 Å². The Morgan fingerprint density at radius 2 is 2.00 bits per heavy atom. The zero-order valence-corrected chi connectivity index (χ0v) is 15.9. The van der Waals surface area contributed by atoms with E-state index in [1.165, 1.54) is 5.56 Å². The van der Waals surface area contributed by atoms with Crippen LogP contribution in [0.15, 0.2) is 67.1 Å². The van der Waals surface area contributed by atoms with Crippen molar-refractivity contribution in [1.82, 2.24) is 25.0 Å². The monoisotopic (exact) mass is 375 g/mol. The van der Waals surface area contributed by atoms with Crippen LogP contribution < -0.4 is 5.32 Å². The number of nitrogens with one attached hydrogen (secondary N) is 1. The molecule has 0 bridgehead atoms. The number of carbonyl (C=O) groups excluding carboxylic acids is 1. The molecule has 1 N–H and O–H groups in total. The van der Waals surface area contributed by atoms with Crippen LogP contribution in [0, 0.1) is 5.92 Å². The first-order chi connectivity index (χ1) is 13.8. The molecule has 1 saturated heterocycles. The maximum atomic E-state index is 12.7. The third kappa shape index (κ3) is 4.64. The van der Waals surface area contributed by atoms with Gasteiger partial charge < -0.3 is 5.32 Å². The maximum absolute atomic E-state index is 12.7. The Bertz CT molecular complexity index is 877. The smallest absolute Gasteiger partial charge is 0.224 e. The number of nitrogens with zero attached hydrogens (tertiary/aromatic N) is 4. The van der Waals surface area contributed by atoms with Crippen molar-refractivity contribution < 1.29 is 4.79 Å². The average molecular weight is 375 g/mol. The van der Waals surface area contributed by atoms with Crippen molar-refractivity contribution in [2.24, 2.45) is 5.92 Å². The lowest BCUT2D eigenvalue weighted by Crippen LogP contribution is -2.42. The topological polar surface area (TPSA) is 63.1 Å². The molecule has 0 saturated carbocycles. The summed E-state index contributed by atoms with van der Waals surface area (Å²) in [4.78, 5) is 19.4. The van der Waals surface area contributed by atoms with Gasteiger partial charge in [-0.3, -0.25) is 9.69 Å². The minimum Gasteiger partial charge on any atom is -0.352 e. The summed E-state index contributed by atoms with van der Waals surface area (Å²) in [5, 5.41) is 7.25. The van der Waals surface area contributed by atoms with Gasteiger partial charge in [-0.15, -0.1) is 0 Å². The third-order valence-electron chi connectivity index (χ3n) is 5.14. The van der Waals surface area contributed by atoms with E-state index < -0.39 is 0 Å². The highest BCUT2D eigenvalue weighted by atomic mass is 16.1. The number of piperidine rings is 1. The van der Waals surface area contributed by atoms with Crippen molar-refractivity contribution in [3.63, 3.8) is 0 Å². The molecule has 4 rings (SSSR count). The van der Waals surface area contributed by atoms with E-state index in [1.54, 1.807) is 17.1 Å². The van der Waals surface area contributed by atoms with Gasteiger partial charge in [-0.05, 0) is 42.6 Å². The fourth-order valence-corrected chi connectivity index (χ4v) is 3.65. The van der Waals surface area contributed by atoms with E-state index in [-0.39, 0.29) is 11.8 Å². The molecular weight excluding hydrogens is 350 g/mol. The second-order valence-electron chi connectivity index (χ2n) is 7.25. The van der Waals surface area contributed by atoms with Crippen LogP contribution in [0.1, 0.15) is 24.0 Å². The Hall–Kier alpha value is -2.99. The van der Waals surface area contributed by atoms with Crippen molar-refractivity contribution in [2.75, 3.05) is 13.1 Å². The molecule has 6 nitrogen and oxygen atoms in total. The maximum Gasteiger partial charge on any atom is 0.224 e. The summed E-state index contributed by atoms with van der Waals surface area (Å²) in [5.41, 5.74) is 2.29. The molecule has 0 spiro atoms. The first-order valence-electron chi connectivity index (χ1n) is 9.77. The molecule has 3 aromatic rings. The Morgan fingerprint density at radius 1 is 1.11 bits per heavy atom. The van der Waals surface area contributed by atoms with Gasteiger partial charge in [-0.1, -0.05) is 36.4 Å². The fraction of sp³-hybridized carbons (Fsp3) is 0.318. The molecule has 28 heavy (non-hydrogen) atoms. The molecule has 3 heterocycles. The molecule has 0 aliphatic carbocycles. The summed E-state index contributed by atoms with van der Waals surface area (Å²) in [5.74, 6) is 0.951. The summed E-state index contributed by atoms with van der Waals surface area (Å²) < 4.78 is 1.71. The van der Waals surface area contributed by atoms with Gasteiger partial charge in [-0.25, -0.2) is 9.67 Å². The lowest BCUT2D eigenvalue weighted by Gasteiger charge is -2.32. The van der Waals surface area contributed by atoms with Crippen molar-refractivity contribution in [2.45, 2.75) is 25.9 Å². The van der Waals surface area contributed by atoms with Gasteiger partial charge in [0.15, 0.2) is 5.82 Å². The number of carbonyl (C=O) groups is 1. The van der Waals surface area contributed by atoms with Crippen LogP contribution in [0.2, 0.25) is 0 Å². The van der Waals surface area contributed by atoms with Crippen LogP contribution in [0.5, 0.6) is 0 Å². The molecule has 1 unspecified atom stereocenters. The Labute approximate surface area is 165 Å². The molecule has 1 aliphatic rings. The van der Waals surface area contributed by atoms with E-state index in [9.17, 15) is 4.79 Å².